The molecule has 4 nitrogen and oxygen atoms in total. The lowest BCUT2D eigenvalue weighted by Crippen LogP contribution is -2.14. The first-order valence-corrected chi connectivity index (χ1v) is 5.75. The lowest BCUT2D eigenvalue weighted by atomic mass is 10.0. The number of benzene rings is 1. The Kier molecular flexibility index (Phi) is 4.69. The van der Waals surface area contributed by atoms with Crippen LogP contribution in [0.1, 0.15) is 42.6 Å². The molecule has 92 valence electrons. The molecule has 0 saturated heterocycles. The zero-order valence-corrected chi connectivity index (χ0v) is 10.2. The molecule has 0 aliphatic rings. The van der Waals surface area contributed by atoms with E-state index in [-0.39, 0.29) is 5.91 Å². The van der Waals surface area contributed by atoms with Gasteiger partial charge in [0, 0.05) is 18.2 Å². The number of anilines is 1. The van der Waals surface area contributed by atoms with Crippen LogP contribution in [0.5, 0.6) is 0 Å². The Labute approximate surface area is 101 Å². The van der Waals surface area contributed by atoms with Crippen molar-refractivity contribution in [1.29, 1.82) is 0 Å². The van der Waals surface area contributed by atoms with Crippen LogP contribution in [-0.2, 0) is 11.2 Å². The second-order valence-corrected chi connectivity index (χ2v) is 4.02. The number of aryl methyl sites for hydroxylation is 1. The molecule has 1 aromatic rings. The molecule has 0 saturated carbocycles. The van der Waals surface area contributed by atoms with Gasteiger partial charge < -0.3 is 11.1 Å². The molecule has 0 aliphatic heterocycles. The van der Waals surface area contributed by atoms with E-state index in [0.717, 1.165) is 24.8 Å². The standard InChI is InChI=1S/C13H18N2O2/c1-3-4-5-10-8-11(15-9(2)16)6-7-12(10)13(14)17/h6-8H,3-5H2,1-2H3,(H2,14,17)(H,15,16). The molecule has 0 unspecified atom stereocenters. The number of hydrogen-bond acceptors (Lipinski definition) is 2. The Hall–Kier alpha value is -1.84. The summed E-state index contributed by atoms with van der Waals surface area (Å²) in [6, 6.07) is 5.17. The third-order valence-corrected chi connectivity index (χ3v) is 2.49. The van der Waals surface area contributed by atoms with Crippen LogP contribution in [0.4, 0.5) is 5.69 Å². The lowest BCUT2D eigenvalue weighted by molar-refractivity contribution is -0.114. The van der Waals surface area contributed by atoms with Gasteiger partial charge in [-0.1, -0.05) is 13.3 Å². The summed E-state index contributed by atoms with van der Waals surface area (Å²) in [4.78, 5) is 22.2. The predicted molar refractivity (Wildman–Crippen MR) is 67.9 cm³/mol. The van der Waals surface area contributed by atoms with Crippen molar-refractivity contribution in [1.82, 2.24) is 0 Å². The molecule has 17 heavy (non-hydrogen) atoms. The Morgan fingerprint density at radius 2 is 2.06 bits per heavy atom. The number of rotatable bonds is 5. The largest absolute Gasteiger partial charge is 0.366 e. The van der Waals surface area contributed by atoms with Gasteiger partial charge in [0.2, 0.25) is 11.8 Å². The van der Waals surface area contributed by atoms with Crippen molar-refractivity contribution in [3.8, 4) is 0 Å². The van der Waals surface area contributed by atoms with Crippen LogP contribution in [-0.4, -0.2) is 11.8 Å². The number of nitrogens with one attached hydrogen (secondary N) is 1. The van der Waals surface area contributed by atoms with E-state index >= 15 is 0 Å². The maximum Gasteiger partial charge on any atom is 0.248 e. The number of hydrogen-bond donors (Lipinski definition) is 2. The second-order valence-electron chi connectivity index (χ2n) is 4.02. The van der Waals surface area contributed by atoms with Crippen LogP contribution in [0.15, 0.2) is 18.2 Å². The van der Waals surface area contributed by atoms with Crippen LogP contribution in [0.3, 0.4) is 0 Å². The highest BCUT2D eigenvalue weighted by molar-refractivity contribution is 5.96. The van der Waals surface area contributed by atoms with Crippen molar-refractivity contribution >= 4 is 17.5 Å². The van der Waals surface area contributed by atoms with Crippen molar-refractivity contribution in [2.45, 2.75) is 33.1 Å². The summed E-state index contributed by atoms with van der Waals surface area (Å²) in [5.41, 5.74) is 7.44. The summed E-state index contributed by atoms with van der Waals surface area (Å²) in [6.45, 7) is 3.54. The molecule has 0 spiro atoms. The molecular weight excluding hydrogens is 216 g/mol. The number of primary amides is 1. The van der Waals surface area contributed by atoms with E-state index < -0.39 is 5.91 Å². The number of carbonyl (C=O) groups excluding carboxylic acids is 2. The average Bonchev–Trinajstić information content (AvgIpc) is 2.25. The van der Waals surface area contributed by atoms with Gasteiger partial charge in [-0.05, 0) is 36.6 Å². The molecule has 0 fully saturated rings. The van der Waals surface area contributed by atoms with Crippen LogP contribution in [0.2, 0.25) is 0 Å². The van der Waals surface area contributed by atoms with Gasteiger partial charge in [0.15, 0.2) is 0 Å². The minimum atomic E-state index is -0.425. The van der Waals surface area contributed by atoms with E-state index in [4.69, 9.17) is 5.73 Å². The Balaban J connectivity index is 3.00. The van der Waals surface area contributed by atoms with Gasteiger partial charge in [0.25, 0.3) is 0 Å². The molecule has 1 aromatic carbocycles. The van der Waals surface area contributed by atoms with Crippen LogP contribution in [0, 0.1) is 0 Å². The molecule has 1 rings (SSSR count). The SMILES string of the molecule is CCCCc1cc(NC(C)=O)ccc1C(N)=O. The maximum absolute atomic E-state index is 11.3. The Morgan fingerprint density at radius 3 is 2.59 bits per heavy atom. The number of nitrogens with two attached hydrogens (primary N) is 1. The molecule has 2 amide bonds. The molecule has 0 radical (unpaired) electrons. The van der Waals surface area contributed by atoms with E-state index in [1.54, 1.807) is 12.1 Å². The summed E-state index contributed by atoms with van der Waals surface area (Å²) in [6.07, 6.45) is 2.83. The van der Waals surface area contributed by atoms with E-state index in [1.807, 2.05) is 6.07 Å². The minimum Gasteiger partial charge on any atom is -0.366 e. The first kappa shape index (κ1) is 13.2. The first-order valence-electron chi connectivity index (χ1n) is 5.75. The first-order chi connectivity index (χ1) is 8.04. The molecule has 0 heterocycles. The summed E-state index contributed by atoms with van der Waals surface area (Å²) in [5.74, 6) is -0.552. The number of unbranched alkanes of at least 4 members (excludes halogenated alkanes) is 1. The summed E-state index contributed by atoms with van der Waals surface area (Å²) < 4.78 is 0. The van der Waals surface area contributed by atoms with Crippen LogP contribution in [0.25, 0.3) is 0 Å². The van der Waals surface area contributed by atoms with Gasteiger partial charge >= 0.3 is 0 Å². The normalized spacial score (nSPS) is 10.0. The van der Waals surface area contributed by atoms with E-state index in [2.05, 4.69) is 12.2 Å². The number of amides is 2. The fourth-order valence-electron chi connectivity index (χ4n) is 1.69. The second kappa shape index (κ2) is 6.03. The minimum absolute atomic E-state index is 0.127. The quantitative estimate of drug-likeness (QED) is 0.818. The van der Waals surface area contributed by atoms with E-state index in [9.17, 15) is 9.59 Å². The van der Waals surface area contributed by atoms with Crippen molar-refractivity contribution in [2.24, 2.45) is 5.73 Å². The molecule has 3 N–H and O–H groups in total. The summed E-state index contributed by atoms with van der Waals surface area (Å²) >= 11 is 0. The van der Waals surface area contributed by atoms with Crippen molar-refractivity contribution in [3.05, 3.63) is 29.3 Å². The van der Waals surface area contributed by atoms with Crippen LogP contribution >= 0.6 is 0 Å². The highest BCUT2D eigenvalue weighted by Crippen LogP contribution is 2.18. The summed E-state index contributed by atoms with van der Waals surface area (Å²) in [7, 11) is 0. The van der Waals surface area contributed by atoms with Gasteiger partial charge in [0.05, 0.1) is 0 Å². The lowest BCUT2D eigenvalue weighted by Gasteiger charge is -2.09. The zero-order valence-electron chi connectivity index (χ0n) is 10.2. The third kappa shape index (κ3) is 3.90. The van der Waals surface area contributed by atoms with Gasteiger partial charge in [-0.25, -0.2) is 0 Å². The molecule has 0 aliphatic carbocycles. The Morgan fingerprint density at radius 1 is 1.35 bits per heavy atom. The van der Waals surface area contributed by atoms with E-state index in [1.165, 1.54) is 6.92 Å². The smallest absolute Gasteiger partial charge is 0.248 e. The third-order valence-electron chi connectivity index (χ3n) is 2.49. The van der Waals surface area contributed by atoms with Gasteiger partial charge in [-0.15, -0.1) is 0 Å². The van der Waals surface area contributed by atoms with Gasteiger partial charge in [-0.2, -0.15) is 0 Å². The molecular formula is C13H18N2O2. The molecule has 0 aromatic heterocycles. The predicted octanol–water partition coefficient (Wildman–Crippen LogP) is 2.09. The van der Waals surface area contributed by atoms with Crippen molar-refractivity contribution in [3.63, 3.8) is 0 Å². The van der Waals surface area contributed by atoms with Gasteiger partial charge in [-0.3, -0.25) is 9.59 Å². The maximum atomic E-state index is 11.3. The zero-order chi connectivity index (χ0) is 12.8. The molecule has 0 atom stereocenters. The van der Waals surface area contributed by atoms with Crippen molar-refractivity contribution in [2.75, 3.05) is 5.32 Å². The molecule has 4 heteroatoms. The highest BCUT2D eigenvalue weighted by atomic mass is 16.1. The fraction of sp³-hybridized carbons (Fsp3) is 0.385. The topological polar surface area (TPSA) is 72.2 Å². The monoisotopic (exact) mass is 234 g/mol. The number of carbonyl (C=O) groups is 2. The fourth-order valence-corrected chi connectivity index (χ4v) is 1.69. The van der Waals surface area contributed by atoms with Crippen LogP contribution < -0.4 is 11.1 Å². The van der Waals surface area contributed by atoms with E-state index in [0.29, 0.717) is 11.3 Å². The average molecular weight is 234 g/mol. The van der Waals surface area contributed by atoms with Crippen molar-refractivity contribution < 1.29 is 9.59 Å². The van der Waals surface area contributed by atoms with Gasteiger partial charge in [0.1, 0.15) is 0 Å². The Bertz CT molecular complexity index is 427. The highest BCUT2D eigenvalue weighted by Gasteiger charge is 2.09. The summed E-state index contributed by atoms with van der Waals surface area (Å²) in [5, 5.41) is 2.70. The molecule has 0 bridgehead atoms.